The first kappa shape index (κ1) is 15.4. The lowest BCUT2D eigenvalue weighted by molar-refractivity contribution is -0.147. The van der Waals surface area contributed by atoms with Gasteiger partial charge in [0.2, 0.25) is 0 Å². The fraction of sp³-hybridized carbons (Fsp3) is 0.923. The molecule has 0 spiro atoms. The van der Waals surface area contributed by atoms with Gasteiger partial charge in [-0.3, -0.25) is 4.79 Å². The lowest BCUT2D eigenvalue weighted by Gasteiger charge is -2.17. The van der Waals surface area contributed by atoms with Crippen molar-refractivity contribution in [2.45, 2.75) is 53.5 Å². The number of ether oxygens (including phenoxy) is 1. The van der Waals surface area contributed by atoms with E-state index in [4.69, 9.17) is 4.74 Å². The van der Waals surface area contributed by atoms with E-state index in [2.05, 4.69) is 26.1 Å². The van der Waals surface area contributed by atoms with Crippen LogP contribution in [0.4, 0.5) is 0 Å². The molecule has 0 fully saturated rings. The molecule has 3 nitrogen and oxygen atoms in total. The fourth-order valence-corrected chi connectivity index (χ4v) is 1.43. The second-order valence-corrected chi connectivity index (χ2v) is 4.93. The highest BCUT2D eigenvalue weighted by Gasteiger charge is 2.14. The van der Waals surface area contributed by atoms with Crippen molar-refractivity contribution in [2.24, 2.45) is 11.8 Å². The third-order valence-corrected chi connectivity index (χ3v) is 2.64. The summed E-state index contributed by atoms with van der Waals surface area (Å²) in [6.07, 6.45) is 2.38. The average Bonchev–Trinajstić information content (AvgIpc) is 2.23. The topological polar surface area (TPSA) is 38.3 Å². The molecule has 0 aliphatic heterocycles. The van der Waals surface area contributed by atoms with Crippen molar-refractivity contribution in [1.29, 1.82) is 0 Å². The molecule has 16 heavy (non-hydrogen) atoms. The molecule has 96 valence electrons. The third kappa shape index (κ3) is 7.69. The number of hydrogen-bond acceptors (Lipinski definition) is 3. The van der Waals surface area contributed by atoms with Gasteiger partial charge in [-0.15, -0.1) is 0 Å². The first-order valence-corrected chi connectivity index (χ1v) is 6.37. The normalized spacial score (nSPS) is 14.9. The SMILES string of the molecule is CCOC(=O)C(C)CNC(C)CCC(C)C. The third-order valence-electron chi connectivity index (χ3n) is 2.64. The number of hydrogen-bond donors (Lipinski definition) is 1. The largest absolute Gasteiger partial charge is 0.466 e. The van der Waals surface area contributed by atoms with Gasteiger partial charge in [0.25, 0.3) is 0 Å². The highest BCUT2D eigenvalue weighted by atomic mass is 16.5. The summed E-state index contributed by atoms with van der Waals surface area (Å²) < 4.78 is 4.96. The maximum atomic E-state index is 11.4. The van der Waals surface area contributed by atoms with Crippen LogP contribution < -0.4 is 5.32 Å². The molecule has 0 aromatic rings. The van der Waals surface area contributed by atoms with Crippen LogP contribution in [-0.2, 0) is 9.53 Å². The van der Waals surface area contributed by atoms with Gasteiger partial charge in [-0.05, 0) is 32.6 Å². The molecule has 0 rings (SSSR count). The molecule has 0 aliphatic rings. The van der Waals surface area contributed by atoms with Crippen molar-refractivity contribution in [2.75, 3.05) is 13.2 Å². The predicted molar refractivity (Wildman–Crippen MR) is 67.3 cm³/mol. The number of esters is 1. The highest BCUT2D eigenvalue weighted by molar-refractivity contribution is 5.72. The number of carbonyl (C=O) groups is 1. The van der Waals surface area contributed by atoms with Gasteiger partial charge in [0, 0.05) is 12.6 Å². The van der Waals surface area contributed by atoms with E-state index in [9.17, 15) is 4.79 Å². The standard InChI is InChI=1S/C13H27NO2/c1-6-16-13(15)11(4)9-14-12(5)8-7-10(2)3/h10-12,14H,6-9H2,1-5H3. The number of rotatable bonds is 8. The van der Waals surface area contributed by atoms with Crippen molar-refractivity contribution in [1.82, 2.24) is 5.32 Å². The van der Waals surface area contributed by atoms with E-state index in [1.54, 1.807) is 0 Å². The van der Waals surface area contributed by atoms with Gasteiger partial charge >= 0.3 is 5.97 Å². The zero-order valence-electron chi connectivity index (χ0n) is 11.4. The van der Waals surface area contributed by atoms with Gasteiger partial charge in [-0.2, -0.15) is 0 Å². The minimum atomic E-state index is -0.106. The van der Waals surface area contributed by atoms with Crippen molar-refractivity contribution >= 4 is 5.97 Å². The van der Waals surface area contributed by atoms with Gasteiger partial charge in [0.1, 0.15) is 0 Å². The van der Waals surface area contributed by atoms with Crippen molar-refractivity contribution in [3.8, 4) is 0 Å². The highest BCUT2D eigenvalue weighted by Crippen LogP contribution is 2.07. The average molecular weight is 229 g/mol. The summed E-state index contributed by atoms with van der Waals surface area (Å²) in [5.41, 5.74) is 0. The minimum Gasteiger partial charge on any atom is -0.466 e. The molecule has 0 amide bonds. The predicted octanol–water partition coefficient (Wildman–Crippen LogP) is 2.60. The van der Waals surface area contributed by atoms with Gasteiger partial charge in [-0.1, -0.05) is 20.8 Å². The lowest BCUT2D eigenvalue weighted by Crippen LogP contribution is -2.34. The first-order valence-electron chi connectivity index (χ1n) is 6.37. The minimum absolute atomic E-state index is 0.0542. The molecule has 0 bridgehead atoms. The van der Waals surface area contributed by atoms with Crippen LogP contribution in [0.5, 0.6) is 0 Å². The van der Waals surface area contributed by atoms with E-state index >= 15 is 0 Å². The molecule has 0 saturated heterocycles. The molecule has 0 aromatic carbocycles. The zero-order chi connectivity index (χ0) is 12.6. The van der Waals surface area contributed by atoms with E-state index in [1.807, 2.05) is 13.8 Å². The van der Waals surface area contributed by atoms with Crippen LogP contribution >= 0.6 is 0 Å². The first-order chi connectivity index (χ1) is 7.47. The summed E-state index contributed by atoms with van der Waals surface area (Å²) in [4.78, 5) is 11.4. The quantitative estimate of drug-likeness (QED) is 0.650. The van der Waals surface area contributed by atoms with Crippen LogP contribution in [0.1, 0.15) is 47.5 Å². The van der Waals surface area contributed by atoms with E-state index in [0.717, 1.165) is 12.3 Å². The van der Waals surface area contributed by atoms with Crippen LogP contribution in [0.25, 0.3) is 0 Å². The van der Waals surface area contributed by atoms with Crippen molar-refractivity contribution < 1.29 is 9.53 Å². The molecule has 3 heteroatoms. The Bertz CT molecular complexity index is 192. The monoisotopic (exact) mass is 229 g/mol. The Morgan fingerprint density at radius 1 is 1.19 bits per heavy atom. The Hall–Kier alpha value is -0.570. The number of nitrogens with one attached hydrogen (secondary N) is 1. The molecule has 0 saturated carbocycles. The maximum Gasteiger partial charge on any atom is 0.309 e. The van der Waals surface area contributed by atoms with Crippen molar-refractivity contribution in [3.63, 3.8) is 0 Å². The molecular formula is C13H27NO2. The smallest absolute Gasteiger partial charge is 0.309 e. The summed E-state index contributed by atoms with van der Waals surface area (Å²) in [5, 5.41) is 3.38. The van der Waals surface area contributed by atoms with Crippen LogP contribution in [0.3, 0.4) is 0 Å². The molecule has 0 radical (unpaired) electrons. The van der Waals surface area contributed by atoms with Gasteiger partial charge in [-0.25, -0.2) is 0 Å². The summed E-state index contributed by atoms with van der Waals surface area (Å²) in [6, 6.07) is 0.472. The van der Waals surface area contributed by atoms with Crippen LogP contribution in [-0.4, -0.2) is 25.2 Å². The van der Waals surface area contributed by atoms with E-state index in [0.29, 0.717) is 19.2 Å². The summed E-state index contributed by atoms with van der Waals surface area (Å²) in [6.45, 7) is 11.5. The summed E-state index contributed by atoms with van der Waals surface area (Å²) in [5.74, 6) is 0.583. The second kappa shape index (κ2) is 8.57. The van der Waals surface area contributed by atoms with E-state index < -0.39 is 0 Å². The van der Waals surface area contributed by atoms with Gasteiger partial charge in [0.05, 0.1) is 12.5 Å². The molecule has 2 atom stereocenters. The number of carbonyl (C=O) groups excluding carboxylic acids is 1. The van der Waals surface area contributed by atoms with Crippen molar-refractivity contribution in [3.05, 3.63) is 0 Å². The van der Waals surface area contributed by atoms with Crippen LogP contribution in [0.2, 0.25) is 0 Å². The Labute approximate surface area is 99.9 Å². The van der Waals surface area contributed by atoms with Gasteiger partial charge < -0.3 is 10.1 Å². The Kier molecular flexibility index (Phi) is 8.26. The fourth-order valence-electron chi connectivity index (χ4n) is 1.43. The van der Waals surface area contributed by atoms with Gasteiger partial charge in [0.15, 0.2) is 0 Å². The second-order valence-electron chi connectivity index (χ2n) is 4.93. The maximum absolute atomic E-state index is 11.4. The van der Waals surface area contributed by atoms with Crippen LogP contribution in [0, 0.1) is 11.8 Å². The molecule has 0 aliphatic carbocycles. The Morgan fingerprint density at radius 3 is 2.31 bits per heavy atom. The van der Waals surface area contributed by atoms with E-state index in [-0.39, 0.29) is 11.9 Å². The Balaban J connectivity index is 3.65. The molecule has 1 N–H and O–H groups in total. The Morgan fingerprint density at radius 2 is 1.81 bits per heavy atom. The molecule has 0 heterocycles. The van der Waals surface area contributed by atoms with E-state index in [1.165, 1.54) is 6.42 Å². The molecule has 0 aromatic heterocycles. The summed E-state index contributed by atoms with van der Waals surface area (Å²) in [7, 11) is 0. The summed E-state index contributed by atoms with van der Waals surface area (Å²) >= 11 is 0. The zero-order valence-corrected chi connectivity index (χ0v) is 11.4. The molecule has 2 unspecified atom stereocenters. The van der Waals surface area contributed by atoms with Crippen LogP contribution in [0.15, 0.2) is 0 Å². The molecular weight excluding hydrogens is 202 g/mol. The lowest BCUT2D eigenvalue weighted by atomic mass is 10.0.